The number of likely N-dealkylation sites (tertiary alicyclic amines) is 1. The van der Waals surface area contributed by atoms with E-state index < -0.39 is 5.97 Å². The van der Waals surface area contributed by atoms with Crippen molar-refractivity contribution < 1.29 is 9.90 Å². The average molecular weight is 247 g/mol. The van der Waals surface area contributed by atoms with Gasteiger partial charge in [-0.15, -0.1) is 0 Å². The highest BCUT2D eigenvalue weighted by Crippen LogP contribution is 2.22. The molecule has 1 aliphatic heterocycles. The van der Waals surface area contributed by atoms with Crippen molar-refractivity contribution in [2.24, 2.45) is 0 Å². The molecule has 2 rings (SSSR count). The number of benzene rings is 1. The van der Waals surface area contributed by atoms with Gasteiger partial charge in [-0.3, -0.25) is 4.90 Å². The fraction of sp³-hybridized carbons (Fsp3) is 0.533. The van der Waals surface area contributed by atoms with Gasteiger partial charge in [-0.1, -0.05) is 31.5 Å². The third-order valence-electron chi connectivity index (χ3n) is 3.84. The summed E-state index contributed by atoms with van der Waals surface area (Å²) in [4.78, 5) is 13.6. The molecule has 3 nitrogen and oxygen atoms in total. The smallest absolute Gasteiger partial charge is 0.336 e. The lowest BCUT2D eigenvalue weighted by Crippen LogP contribution is -2.38. The fourth-order valence-electron chi connectivity index (χ4n) is 2.82. The first-order chi connectivity index (χ1) is 8.72. The summed E-state index contributed by atoms with van der Waals surface area (Å²) in [7, 11) is 0. The van der Waals surface area contributed by atoms with Gasteiger partial charge in [-0.2, -0.15) is 0 Å². The number of aromatic carboxylic acids is 1. The van der Waals surface area contributed by atoms with Crippen LogP contribution in [0.5, 0.6) is 0 Å². The van der Waals surface area contributed by atoms with Crippen LogP contribution in [0.2, 0.25) is 0 Å². The second kappa shape index (κ2) is 6.01. The largest absolute Gasteiger partial charge is 0.478 e. The van der Waals surface area contributed by atoms with E-state index in [1.54, 1.807) is 12.1 Å². The van der Waals surface area contributed by atoms with Crippen LogP contribution in [0.1, 0.15) is 48.5 Å². The summed E-state index contributed by atoms with van der Waals surface area (Å²) >= 11 is 0. The minimum Gasteiger partial charge on any atom is -0.478 e. The monoisotopic (exact) mass is 247 g/mol. The SMILES string of the molecule is CCC1CCCCN1Cc1ccccc1C(=O)O. The van der Waals surface area contributed by atoms with Gasteiger partial charge in [0.1, 0.15) is 0 Å². The molecule has 1 fully saturated rings. The Bertz CT molecular complexity index is 417. The van der Waals surface area contributed by atoms with Gasteiger partial charge in [-0.05, 0) is 37.4 Å². The first-order valence-corrected chi connectivity index (χ1v) is 6.77. The Morgan fingerprint density at radius 2 is 2.17 bits per heavy atom. The summed E-state index contributed by atoms with van der Waals surface area (Å²) in [5.74, 6) is -0.823. The van der Waals surface area contributed by atoms with Crippen molar-refractivity contribution in [2.75, 3.05) is 6.54 Å². The molecule has 18 heavy (non-hydrogen) atoms. The highest BCUT2D eigenvalue weighted by Gasteiger charge is 2.22. The molecule has 1 aliphatic rings. The molecule has 1 aromatic carbocycles. The third-order valence-corrected chi connectivity index (χ3v) is 3.84. The molecule has 1 atom stereocenters. The Labute approximate surface area is 108 Å². The van der Waals surface area contributed by atoms with Gasteiger partial charge < -0.3 is 5.11 Å². The Morgan fingerprint density at radius 1 is 1.39 bits per heavy atom. The molecule has 1 heterocycles. The van der Waals surface area contributed by atoms with E-state index in [4.69, 9.17) is 0 Å². The van der Waals surface area contributed by atoms with Gasteiger partial charge in [-0.25, -0.2) is 4.79 Å². The second-order valence-corrected chi connectivity index (χ2v) is 4.99. The van der Waals surface area contributed by atoms with Crippen LogP contribution in [0.3, 0.4) is 0 Å². The molecule has 0 spiro atoms. The van der Waals surface area contributed by atoms with Crippen molar-refractivity contribution in [2.45, 2.75) is 45.2 Å². The summed E-state index contributed by atoms with van der Waals surface area (Å²) in [5, 5.41) is 9.20. The van der Waals surface area contributed by atoms with Crippen molar-refractivity contribution in [3.63, 3.8) is 0 Å². The molecular weight excluding hydrogens is 226 g/mol. The number of carboxylic acids is 1. The number of rotatable bonds is 4. The van der Waals surface area contributed by atoms with E-state index in [2.05, 4.69) is 11.8 Å². The quantitative estimate of drug-likeness (QED) is 0.888. The van der Waals surface area contributed by atoms with Crippen LogP contribution >= 0.6 is 0 Å². The van der Waals surface area contributed by atoms with Crippen LogP contribution < -0.4 is 0 Å². The van der Waals surface area contributed by atoms with Crippen molar-refractivity contribution in [3.8, 4) is 0 Å². The molecule has 0 saturated carbocycles. The van der Waals surface area contributed by atoms with Crippen LogP contribution in [-0.2, 0) is 6.54 Å². The minimum atomic E-state index is -0.823. The first kappa shape index (κ1) is 13.1. The van der Waals surface area contributed by atoms with Crippen LogP contribution in [0.25, 0.3) is 0 Å². The van der Waals surface area contributed by atoms with Gasteiger partial charge in [0.2, 0.25) is 0 Å². The van der Waals surface area contributed by atoms with Gasteiger partial charge in [0, 0.05) is 12.6 Å². The van der Waals surface area contributed by atoms with E-state index in [9.17, 15) is 9.90 Å². The molecule has 0 aromatic heterocycles. The molecule has 0 bridgehead atoms. The maximum Gasteiger partial charge on any atom is 0.336 e. The second-order valence-electron chi connectivity index (χ2n) is 4.99. The predicted octanol–water partition coefficient (Wildman–Crippen LogP) is 3.15. The molecular formula is C15H21NO2. The zero-order chi connectivity index (χ0) is 13.0. The molecule has 3 heteroatoms. The number of carboxylic acid groups (broad SMARTS) is 1. The summed E-state index contributed by atoms with van der Waals surface area (Å²) in [6, 6.07) is 7.96. The van der Waals surface area contributed by atoms with Crippen molar-refractivity contribution in [1.82, 2.24) is 4.90 Å². The molecule has 1 saturated heterocycles. The van der Waals surface area contributed by atoms with Gasteiger partial charge >= 0.3 is 5.97 Å². The molecule has 1 N–H and O–H groups in total. The summed E-state index contributed by atoms with van der Waals surface area (Å²) in [6.07, 6.45) is 4.92. The lowest BCUT2D eigenvalue weighted by atomic mass is 9.98. The number of carbonyl (C=O) groups is 1. The van der Waals surface area contributed by atoms with Gasteiger partial charge in [0.05, 0.1) is 5.56 Å². The maximum atomic E-state index is 11.2. The number of nitrogens with zero attached hydrogens (tertiary/aromatic N) is 1. The van der Waals surface area contributed by atoms with E-state index >= 15 is 0 Å². The molecule has 0 radical (unpaired) electrons. The molecule has 1 unspecified atom stereocenters. The standard InChI is InChI=1S/C15H21NO2/c1-2-13-8-5-6-10-16(13)11-12-7-3-4-9-14(12)15(17)18/h3-4,7,9,13H,2,5-6,8,10-11H2,1H3,(H,17,18). The summed E-state index contributed by atoms with van der Waals surface area (Å²) < 4.78 is 0. The van der Waals surface area contributed by atoms with E-state index in [0.717, 1.165) is 25.1 Å². The van der Waals surface area contributed by atoms with E-state index in [-0.39, 0.29) is 0 Å². The maximum absolute atomic E-state index is 11.2. The van der Waals surface area contributed by atoms with E-state index in [0.29, 0.717) is 11.6 Å². The van der Waals surface area contributed by atoms with Crippen molar-refractivity contribution in [3.05, 3.63) is 35.4 Å². The van der Waals surface area contributed by atoms with Crippen LogP contribution in [0.15, 0.2) is 24.3 Å². The molecule has 0 aliphatic carbocycles. The molecule has 1 aromatic rings. The zero-order valence-corrected chi connectivity index (χ0v) is 10.9. The lowest BCUT2D eigenvalue weighted by Gasteiger charge is -2.35. The topological polar surface area (TPSA) is 40.5 Å². The van der Waals surface area contributed by atoms with Crippen LogP contribution in [-0.4, -0.2) is 28.6 Å². The number of hydrogen-bond donors (Lipinski definition) is 1. The summed E-state index contributed by atoms with van der Waals surface area (Å²) in [5.41, 5.74) is 1.38. The predicted molar refractivity (Wildman–Crippen MR) is 71.7 cm³/mol. The van der Waals surface area contributed by atoms with Gasteiger partial charge in [0.25, 0.3) is 0 Å². The number of hydrogen-bond acceptors (Lipinski definition) is 2. The zero-order valence-electron chi connectivity index (χ0n) is 10.9. The first-order valence-electron chi connectivity index (χ1n) is 6.77. The lowest BCUT2D eigenvalue weighted by molar-refractivity contribution is 0.0692. The molecule has 0 amide bonds. The van der Waals surface area contributed by atoms with Crippen molar-refractivity contribution >= 4 is 5.97 Å². The normalized spacial score (nSPS) is 20.8. The highest BCUT2D eigenvalue weighted by molar-refractivity contribution is 5.89. The average Bonchev–Trinajstić information content (AvgIpc) is 2.40. The third kappa shape index (κ3) is 2.91. The Balaban J connectivity index is 2.15. The highest BCUT2D eigenvalue weighted by atomic mass is 16.4. The Kier molecular flexibility index (Phi) is 4.37. The fourth-order valence-corrected chi connectivity index (χ4v) is 2.82. The van der Waals surface area contributed by atoms with Crippen molar-refractivity contribution in [1.29, 1.82) is 0 Å². The van der Waals surface area contributed by atoms with E-state index in [1.807, 2.05) is 12.1 Å². The Hall–Kier alpha value is -1.35. The van der Waals surface area contributed by atoms with E-state index in [1.165, 1.54) is 19.3 Å². The summed E-state index contributed by atoms with van der Waals surface area (Å²) in [6.45, 7) is 4.07. The van der Waals surface area contributed by atoms with Gasteiger partial charge in [0.15, 0.2) is 0 Å². The Morgan fingerprint density at radius 3 is 2.89 bits per heavy atom. The van der Waals surface area contributed by atoms with Crippen LogP contribution in [0.4, 0.5) is 0 Å². The molecule has 98 valence electrons. The van der Waals surface area contributed by atoms with Crippen LogP contribution in [0, 0.1) is 0 Å². The minimum absolute atomic E-state index is 0.443. The number of piperidine rings is 1.